The number of benzene rings is 3. The number of hydrogen-bond donors (Lipinski definition) is 1. The highest BCUT2D eigenvalue weighted by molar-refractivity contribution is 6.35. The van der Waals surface area contributed by atoms with Crippen LogP contribution in [0.4, 0.5) is 23.2 Å². The molecule has 4 rings (SSSR count). The minimum Gasteiger partial charge on any atom is -0.488 e. The van der Waals surface area contributed by atoms with Crippen molar-refractivity contribution in [3.05, 3.63) is 94.8 Å². The first-order valence-corrected chi connectivity index (χ1v) is 9.02. The van der Waals surface area contributed by atoms with E-state index in [0.717, 1.165) is 12.1 Å². The van der Waals surface area contributed by atoms with Gasteiger partial charge in [-0.3, -0.25) is 4.79 Å². The number of carbonyl (C=O) groups excluding carboxylic acids is 1. The number of amides is 1. The van der Waals surface area contributed by atoms with E-state index < -0.39 is 17.6 Å². The highest BCUT2D eigenvalue weighted by Gasteiger charge is 2.33. The molecule has 0 saturated carbocycles. The molecule has 0 fully saturated rings. The number of para-hydroxylation sites is 1. The van der Waals surface area contributed by atoms with Gasteiger partial charge in [0, 0.05) is 22.4 Å². The third kappa shape index (κ3) is 4.05. The molecular weight excluding hydrogens is 398 g/mol. The average Bonchev–Trinajstić information content (AvgIpc) is 3.01. The lowest BCUT2D eigenvalue weighted by Crippen LogP contribution is -2.06. The van der Waals surface area contributed by atoms with Crippen molar-refractivity contribution in [2.45, 2.75) is 12.8 Å². The minimum atomic E-state index is -4.50. The standard InChI is InChI=1S/C23H15F4NO2/c24-17-6-3-4-14(10-17)13-30-21-7-2-1-5-15(21)11-19-18-9-8-16(23(25,26)27)12-20(18)28-22(19)29/h1-12H,13H2,(H,28,29)/b19-11-. The molecule has 1 heterocycles. The van der Waals surface area contributed by atoms with Gasteiger partial charge in [0.15, 0.2) is 0 Å². The Morgan fingerprint density at radius 2 is 1.77 bits per heavy atom. The smallest absolute Gasteiger partial charge is 0.416 e. The molecule has 7 heteroatoms. The Kier molecular flexibility index (Phi) is 5.03. The zero-order chi connectivity index (χ0) is 21.3. The zero-order valence-electron chi connectivity index (χ0n) is 15.5. The van der Waals surface area contributed by atoms with Crippen LogP contribution in [0.1, 0.15) is 22.3 Å². The van der Waals surface area contributed by atoms with Gasteiger partial charge in [-0.15, -0.1) is 0 Å². The average molecular weight is 413 g/mol. The number of ether oxygens (including phenoxy) is 1. The number of alkyl halides is 3. The molecule has 0 radical (unpaired) electrons. The van der Waals surface area contributed by atoms with Crippen LogP contribution in [-0.4, -0.2) is 5.91 Å². The highest BCUT2D eigenvalue weighted by Crippen LogP contribution is 2.39. The van der Waals surface area contributed by atoms with Gasteiger partial charge in [0.2, 0.25) is 0 Å². The molecule has 0 aliphatic carbocycles. The van der Waals surface area contributed by atoms with Gasteiger partial charge < -0.3 is 10.1 Å². The van der Waals surface area contributed by atoms with Crippen LogP contribution in [0.5, 0.6) is 5.75 Å². The molecule has 0 unspecified atom stereocenters. The summed E-state index contributed by atoms with van der Waals surface area (Å²) in [5.74, 6) is -0.407. The fourth-order valence-electron chi connectivity index (χ4n) is 3.19. The van der Waals surface area contributed by atoms with E-state index in [1.807, 2.05) is 0 Å². The molecule has 0 atom stereocenters. The number of anilines is 1. The topological polar surface area (TPSA) is 38.3 Å². The Balaban J connectivity index is 1.64. The molecular formula is C23H15F4NO2. The first-order valence-electron chi connectivity index (χ1n) is 9.02. The molecule has 3 nitrogen and oxygen atoms in total. The molecule has 1 amide bonds. The quantitative estimate of drug-likeness (QED) is 0.426. The normalized spacial score (nSPS) is 14.5. The largest absolute Gasteiger partial charge is 0.488 e. The van der Waals surface area contributed by atoms with E-state index in [9.17, 15) is 22.4 Å². The highest BCUT2D eigenvalue weighted by atomic mass is 19.4. The van der Waals surface area contributed by atoms with Gasteiger partial charge in [-0.05, 0) is 42.0 Å². The number of nitrogens with one attached hydrogen (secondary N) is 1. The summed E-state index contributed by atoms with van der Waals surface area (Å²) in [5, 5.41) is 2.47. The maximum atomic E-state index is 13.3. The number of rotatable bonds is 4. The maximum Gasteiger partial charge on any atom is 0.416 e. The lowest BCUT2D eigenvalue weighted by Gasteiger charge is -2.10. The molecule has 1 aliphatic rings. The molecule has 0 bridgehead atoms. The summed E-state index contributed by atoms with van der Waals surface area (Å²) >= 11 is 0. The van der Waals surface area contributed by atoms with Gasteiger partial charge in [-0.25, -0.2) is 4.39 Å². The van der Waals surface area contributed by atoms with E-state index in [0.29, 0.717) is 22.4 Å². The van der Waals surface area contributed by atoms with E-state index >= 15 is 0 Å². The van der Waals surface area contributed by atoms with Gasteiger partial charge in [0.05, 0.1) is 5.56 Å². The van der Waals surface area contributed by atoms with Crippen LogP contribution < -0.4 is 10.1 Å². The molecule has 3 aromatic rings. The number of carbonyl (C=O) groups is 1. The van der Waals surface area contributed by atoms with Crippen LogP contribution in [0, 0.1) is 5.82 Å². The second kappa shape index (κ2) is 7.67. The van der Waals surface area contributed by atoms with Gasteiger partial charge in [0.1, 0.15) is 18.2 Å². The summed E-state index contributed by atoms with van der Waals surface area (Å²) in [6, 6.07) is 16.1. The Morgan fingerprint density at radius 1 is 0.967 bits per heavy atom. The third-order valence-electron chi connectivity index (χ3n) is 4.63. The van der Waals surface area contributed by atoms with Crippen molar-refractivity contribution in [1.82, 2.24) is 0 Å². The fourth-order valence-corrected chi connectivity index (χ4v) is 3.19. The second-order valence-electron chi connectivity index (χ2n) is 6.73. The maximum absolute atomic E-state index is 13.3. The van der Waals surface area contributed by atoms with Crippen LogP contribution in [-0.2, 0) is 17.6 Å². The summed E-state index contributed by atoms with van der Waals surface area (Å²) in [7, 11) is 0. The van der Waals surface area contributed by atoms with E-state index in [1.165, 1.54) is 18.2 Å². The van der Waals surface area contributed by atoms with Gasteiger partial charge in [-0.1, -0.05) is 36.4 Å². The molecule has 3 aromatic carbocycles. The number of fused-ring (bicyclic) bond motifs is 1. The van der Waals surface area contributed by atoms with Crippen LogP contribution in [0.2, 0.25) is 0 Å². The van der Waals surface area contributed by atoms with Gasteiger partial charge in [0.25, 0.3) is 5.91 Å². The van der Waals surface area contributed by atoms with Crippen molar-refractivity contribution in [2.75, 3.05) is 5.32 Å². The Bertz CT molecular complexity index is 1150. The van der Waals surface area contributed by atoms with Gasteiger partial charge >= 0.3 is 6.18 Å². The van der Waals surface area contributed by atoms with Crippen molar-refractivity contribution < 1.29 is 27.1 Å². The zero-order valence-corrected chi connectivity index (χ0v) is 15.5. The SMILES string of the molecule is O=C1Nc2cc(C(F)(F)F)ccc2/C1=C/c1ccccc1OCc1cccc(F)c1. The van der Waals surface area contributed by atoms with Gasteiger partial charge in [-0.2, -0.15) is 13.2 Å². The lowest BCUT2D eigenvalue weighted by molar-refractivity contribution is -0.137. The summed E-state index contributed by atoms with van der Waals surface area (Å²) in [6.45, 7) is 0.121. The predicted octanol–water partition coefficient (Wildman–Crippen LogP) is 5.92. The fraction of sp³-hybridized carbons (Fsp3) is 0.0870. The Morgan fingerprint density at radius 3 is 2.53 bits per heavy atom. The van der Waals surface area contributed by atoms with Crippen molar-refractivity contribution in [1.29, 1.82) is 0 Å². The van der Waals surface area contributed by atoms with Crippen molar-refractivity contribution in [2.24, 2.45) is 0 Å². The molecule has 1 N–H and O–H groups in total. The van der Waals surface area contributed by atoms with Crippen LogP contribution in [0.15, 0.2) is 66.7 Å². The number of halogens is 4. The molecule has 152 valence electrons. The van der Waals surface area contributed by atoms with Crippen molar-refractivity contribution >= 4 is 23.2 Å². The predicted molar refractivity (Wildman–Crippen MR) is 105 cm³/mol. The van der Waals surface area contributed by atoms with E-state index in [1.54, 1.807) is 42.5 Å². The molecule has 30 heavy (non-hydrogen) atoms. The summed E-state index contributed by atoms with van der Waals surface area (Å²) < 4.78 is 57.9. The minimum absolute atomic E-state index is 0.110. The van der Waals surface area contributed by atoms with Crippen LogP contribution in [0.3, 0.4) is 0 Å². The van der Waals surface area contributed by atoms with E-state index in [2.05, 4.69) is 5.32 Å². The third-order valence-corrected chi connectivity index (χ3v) is 4.63. The monoisotopic (exact) mass is 413 g/mol. The summed E-state index contributed by atoms with van der Waals surface area (Å²) in [5.41, 5.74) is 1.11. The number of hydrogen-bond acceptors (Lipinski definition) is 2. The second-order valence-corrected chi connectivity index (χ2v) is 6.73. The summed E-state index contributed by atoms with van der Waals surface area (Å²) in [6.07, 6.45) is -2.93. The molecule has 0 spiro atoms. The lowest BCUT2D eigenvalue weighted by atomic mass is 10.0. The van der Waals surface area contributed by atoms with Crippen molar-refractivity contribution in [3.63, 3.8) is 0 Å². The van der Waals surface area contributed by atoms with Crippen molar-refractivity contribution in [3.8, 4) is 5.75 Å². The molecule has 0 aromatic heterocycles. The molecule has 0 saturated heterocycles. The first kappa shape index (κ1) is 19.7. The Labute approximate surface area is 169 Å². The van der Waals surface area contributed by atoms with Crippen LogP contribution >= 0.6 is 0 Å². The Hall–Kier alpha value is -3.61. The first-order chi connectivity index (χ1) is 14.3. The molecule has 1 aliphatic heterocycles. The van der Waals surface area contributed by atoms with E-state index in [-0.39, 0.29) is 23.7 Å². The van der Waals surface area contributed by atoms with Crippen LogP contribution in [0.25, 0.3) is 11.6 Å². The summed E-state index contributed by atoms with van der Waals surface area (Å²) in [4.78, 5) is 12.4. The van der Waals surface area contributed by atoms with E-state index in [4.69, 9.17) is 4.74 Å².